The van der Waals surface area contributed by atoms with Crippen molar-refractivity contribution in [2.45, 2.75) is 25.5 Å². The Morgan fingerprint density at radius 3 is 2.84 bits per heavy atom. The highest BCUT2D eigenvalue weighted by molar-refractivity contribution is 8.00. The fourth-order valence-electron chi connectivity index (χ4n) is 1.38. The topological polar surface area (TPSA) is 68.5 Å². The predicted octanol–water partition coefficient (Wildman–Crippen LogP) is 2.39. The van der Waals surface area contributed by atoms with Gasteiger partial charge in [0.25, 0.3) is 0 Å². The standard InChI is InChI=1S/C13H19NO4S/c1-4-7-14-12(15)8-19-9(2)10-5-6-11(18-10)13(16)17-3/h5-6,9H,4,7-8H2,1-3H3,(H,14,15). The first-order valence-corrected chi connectivity index (χ1v) is 7.19. The number of esters is 1. The first-order chi connectivity index (χ1) is 9.08. The van der Waals surface area contributed by atoms with Crippen LogP contribution in [0.25, 0.3) is 0 Å². The molecule has 106 valence electrons. The van der Waals surface area contributed by atoms with Crippen molar-refractivity contribution in [3.63, 3.8) is 0 Å². The van der Waals surface area contributed by atoms with E-state index < -0.39 is 5.97 Å². The minimum atomic E-state index is -0.496. The molecule has 0 spiro atoms. The summed E-state index contributed by atoms with van der Waals surface area (Å²) in [6, 6.07) is 3.31. The van der Waals surface area contributed by atoms with Crippen LogP contribution in [0, 0.1) is 0 Å². The van der Waals surface area contributed by atoms with E-state index in [2.05, 4.69) is 10.1 Å². The molecule has 1 amide bonds. The number of furan rings is 1. The van der Waals surface area contributed by atoms with Crippen LogP contribution in [0.15, 0.2) is 16.5 Å². The second-order valence-electron chi connectivity index (χ2n) is 4.00. The average molecular weight is 285 g/mol. The largest absolute Gasteiger partial charge is 0.463 e. The monoisotopic (exact) mass is 285 g/mol. The van der Waals surface area contributed by atoms with Crippen molar-refractivity contribution in [2.24, 2.45) is 0 Å². The van der Waals surface area contributed by atoms with E-state index in [-0.39, 0.29) is 16.9 Å². The summed E-state index contributed by atoms with van der Waals surface area (Å²) < 4.78 is 9.95. The van der Waals surface area contributed by atoms with Gasteiger partial charge in [-0.25, -0.2) is 4.79 Å². The number of rotatable bonds is 7. The van der Waals surface area contributed by atoms with Gasteiger partial charge >= 0.3 is 5.97 Å². The second kappa shape index (κ2) is 7.89. The number of methoxy groups -OCH3 is 1. The smallest absolute Gasteiger partial charge is 0.373 e. The van der Waals surface area contributed by atoms with Crippen molar-refractivity contribution in [1.29, 1.82) is 0 Å². The summed E-state index contributed by atoms with van der Waals surface area (Å²) in [4.78, 5) is 22.7. The summed E-state index contributed by atoms with van der Waals surface area (Å²) in [6.07, 6.45) is 0.923. The van der Waals surface area contributed by atoms with E-state index in [0.717, 1.165) is 6.42 Å². The summed E-state index contributed by atoms with van der Waals surface area (Å²) in [5, 5.41) is 2.81. The zero-order chi connectivity index (χ0) is 14.3. The molecule has 0 aliphatic heterocycles. The third-order valence-corrected chi connectivity index (χ3v) is 3.61. The molecule has 5 nitrogen and oxygen atoms in total. The quantitative estimate of drug-likeness (QED) is 0.779. The Kier molecular flexibility index (Phi) is 6.49. The van der Waals surface area contributed by atoms with Gasteiger partial charge in [0, 0.05) is 6.54 Å². The highest BCUT2D eigenvalue weighted by Gasteiger charge is 2.16. The Hall–Kier alpha value is -1.43. The fraction of sp³-hybridized carbons (Fsp3) is 0.538. The highest BCUT2D eigenvalue weighted by atomic mass is 32.2. The first-order valence-electron chi connectivity index (χ1n) is 6.14. The van der Waals surface area contributed by atoms with Crippen molar-refractivity contribution in [3.05, 3.63) is 23.7 Å². The lowest BCUT2D eigenvalue weighted by Crippen LogP contribution is -2.25. The molecule has 0 saturated carbocycles. The third-order valence-electron chi connectivity index (χ3n) is 2.45. The Morgan fingerprint density at radius 1 is 1.47 bits per heavy atom. The molecule has 1 aromatic rings. The summed E-state index contributed by atoms with van der Waals surface area (Å²) in [5.74, 6) is 0.728. The SMILES string of the molecule is CCCNC(=O)CSC(C)c1ccc(C(=O)OC)o1. The zero-order valence-electron chi connectivity index (χ0n) is 11.4. The van der Waals surface area contributed by atoms with E-state index in [9.17, 15) is 9.59 Å². The van der Waals surface area contributed by atoms with Crippen LogP contribution in [0.2, 0.25) is 0 Å². The summed E-state index contributed by atoms with van der Waals surface area (Å²) in [5.41, 5.74) is 0. The molecule has 0 fully saturated rings. The van der Waals surface area contributed by atoms with Crippen LogP contribution >= 0.6 is 11.8 Å². The van der Waals surface area contributed by atoms with Crippen LogP contribution < -0.4 is 5.32 Å². The van der Waals surface area contributed by atoms with E-state index in [1.165, 1.54) is 18.9 Å². The average Bonchev–Trinajstić information content (AvgIpc) is 2.91. The molecule has 0 aromatic carbocycles. The Balaban J connectivity index is 2.45. The second-order valence-corrected chi connectivity index (χ2v) is 5.33. The lowest BCUT2D eigenvalue weighted by Gasteiger charge is -2.08. The van der Waals surface area contributed by atoms with E-state index in [1.54, 1.807) is 12.1 Å². The molecular weight excluding hydrogens is 266 g/mol. The van der Waals surface area contributed by atoms with Gasteiger partial charge in [-0.2, -0.15) is 0 Å². The van der Waals surface area contributed by atoms with Crippen LogP contribution in [0.5, 0.6) is 0 Å². The Bertz CT molecular complexity index is 430. The maximum atomic E-state index is 11.5. The molecule has 0 bridgehead atoms. The van der Waals surface area contributed by atoms with Crippen molar-refractivity contribution in [3.8, 4) is 0 Å². The number of nitrogens with one attached hydrogen (secondary N) is 1. The molecular formula is C13H19NO4S. The fourth-order valence-corrected chi connectivity index (χ4v) is 2.17. The van der Waals surface area contributed by atoms with Gasteiger partial charge in [-0.3, -0.25) is 4.79 Å². The van der Waals surface area contributed by atoms with E-state index >= 15 is 0 Å². The van der Waals surface area contributed by atoms with E-state index in [0.29, 0.717) is 18.1 Å². The number of hydrogen-bond donors (Lipinski definition) is 1. The molecule has 1 aromatic heterocycles. The van der Waals surface area contributed by atoms with Crippen LogP contribution in [-0.2, 0) is 9.53 Å². The molecule has 0 saturated heterocycles. The molecule has 1 heterocycles. The molecule has 1 N–H and O–H groups in total. The van der Waals surface area contributed by atoms with Crippen molar-refractivity contribution < 1.29 is 18.7 Å². The van der Waals surface area contributed by atoms with Gasteiger partial charge in [0.1, 0.15) is 5.76 Å². The van der Waals surface area contributed by atoms with Gasteiger partial charge in [0.2, 0.25) is 11.7 Å². The van der Waals surface area contributed by atoms with Crippen LogP contribution in [0.3, 0.4) is 0 Å². The Morgan fingerprint density at radius 2 is 2.21 bits per heavy atom. The molecule has 1 rings (SSSR count). The molecule has 1 unspecified atom stereocenters. The number of carbonyl (C=O) groups excluding carboxylic acids is 2. The third kappa shape index (κ3) is 4.98. The molecule has 0 radical (unpaired) electrons. The number of amides is 1. The maximum Gasteiger partial charge on any atom is 0.373 e. The van der Waals surface area contributed by atoms with E-state index in [1.807, 2.05) is 13.8 Å². The number of carbonyl (C=O) groups is 2. The molecule has 6 heteroatoms. The van der Waals surface area contributed by atoms with Crippen molar-refractivity contribution >= 4 is 23.6 Å². The van der Waals surface area contributed by atoms with Crippen molar-refractivity contribution in [2.75, 3.05) is 19.4 Å². The highest BCUT2D eigenvalue weighted by Crippen LogP contribution is 2.29. The molecule has 19 heavy (non-hydrogen) atoms. The van der Waals surface area contributed by atoms with Crippen LogP contribution in [0.4, 0.5) is 0 Å². The molecule has 0 aliphatic carbocycles. The van der Waals surface area contributed by atoms with Gasteiger partial charge in [-0.15, -0.1) is 11.8 Å². The zero-order valence-corrected chi connectivity index (χ0v) is 12.2. The molecule has 0 aliphatic rings. The van der Waals surface area contributed by atoms with E-state index in [4.69, 9.17) is 4.42 Å². The van der Waals surface area contributed by atoms with Crippen LogP contribution in [-0.4, -0.2) is 31.3 Å². The summed E-state index contributed by atoms with van der Waals surface area (Å²) in [6.45, 7) is 4.63. The van der Waals surface area contributed by atoms with Gasteiger partial charge < -0.3 is 14.5 Å². The lowest BCUT2D eigenvalue weighted by atomic mass is 10.3. The minimum Gasteiger partial charge on any atom is -0.463 e. The van der Waals surface area contributed by atoms with Gasteiger partial charge in [0.05, 0.1) is 18.1 Å². The predicted molar refractivity (Wildman–Crippen MR) is 74.2 cm³/mol. The molecule has 1 atom stereocenters. The van der Waals surface area contributed by atoms with Crippen LogP contribution in [0.1, 0.15) is 41.8 Å². The first kappa shape index (κ1) is 15.6. The number of hydrogen-bond acceptors (Lipinski definition) is 5. The summed E-state index contributed by atoms with van der Waals surface area (Å²) >= 11 is 1.46. The van der Waals surface area contributed by atoms with Gasteiger partial charge in [-0.05, 0) is 25.5 Å². The maximum absolute atomic E-state index is 11.5. The normalized spacial score (nSPS) is 11.9. The van der Waals surface area contributed by atoms with Gasteiger partial charge in [0.15, 0.2) is 0 Å². The van der Waals surface area contributed by atoms with Gasteiger partial charge in [-0.1, -0.05) is 6.92 Å². The number of ether oxygens (including phenoxy) is 1. The Labute approximate surface area is 117 Å². The number of thioether (sulfide) groups is 1. The van der Waals surface area contributed by atoms with Crippen molar-refractivity contribution in [1.82, 2.24) is 5.32 Å². The lowest BCUT2D eigenvalue weighted by molar-refractivity contribution is -0.118. The minimum absolute atomic E-state index is 0.00535. The summed E-state index contributed by atoms with van der Waals surface area (Å²) in [7, 11) is 1.31.